The molecule has 0 bridgehead atoms. The summed E-state index contributed by atoms with van der Waals surface area (Å²) in [5.41, 5.74) is 6.25. The molecule has 0 saturated carbocycles. The molecule has 1 heterocycles. The Morgan fingerprint density at radius 1 is 1.36 bits per heavy atom. The first-order chi connectivity index (χ1) is 6.77. The molecule has 0 radical (unpaired) electrons. The minimum absolute atomic E-state index is 0.00639. The molecule has 3 N–H and O–H groups in total. The Morgan fingerprint density at radius 2 is 2.14 bits per heavy atom. The van der Waals surface area contributed by atoms with E-state index in [1.165, 1.54) is 6.07 Å². The number of nitrogens with two attached hydrogens (primary N) is 1. The molecule has 14 heavy (non-hydrogen) atoms. The van der Waals surface area contributed by atoms with Crippen LogP contribution in [-0.2, 0) is 4.74 Å². The summed E-state index contributed by atoms with van der Waals surface area (Å²) in [6.45, 7) is 1.07. The molecule has 2 atom stereocenters. The standard InChI is InChI=1S/C10H13FN2O/c11-7-3-1-2-4-9(7)13-10-6-14-5-8(10)12/h1-4,8,10,13H,5-6,12H2. The van der Waals surface area contributed by atoms with Gasteiger partial charge in [-0.15, -0.1) is 0 Å². The van der Waals surface area contributed by atoms with E-state index in [9.17, 15) is 4.39 Å². The van der Waals surface area contributed by atoms with Crippen LogP contribution in [0.1, 0.15) is 0 Å². The molecule has 1 aliphatic heterocycles. The number of ether oxygens (including phenoxy) is 1. The van der Waals surface area contributed by atoms with E-state index in [0.29, 0.717) is 18.9 Å². The predicted octanol–water partition coefficient (Wildman–Crippen LogP) is 0.964. The molecule has 0 spiro atoms. The minimum Gasteiger partial charge on any atom is -0.378 e. The van der Waals surface area contributed by atoms with Gasteiger partial charge in [0.1, 0.15) is 5.82 Å². The highest BCUT2D eigenvalue weighted by molar-refractivity contribution is 5.45. The first-order valence-electron chi connectivity index (χ1n) is 4.62. The number of hydrogen-bond donors (Lipinski definition) is 2. The summed E-state index contributed by atoms with van der Waals surface area (Å²) >= 11 is 0. The van der Waals surface area contributed by atoms with Crippen molar-refractivity contribution >= 4 is 5.69 Å². The zero-order valence-electron chi connectivity index (χ0n) is 7.74. The van der Waals surface area contributed by atoms with Gasteiger partial charge in [-0.2, -0.15) is 0 Å². The van der Waals surface area contributed by atoms with E-state index >= 15 is 0 Å². The highest BCUT2D eigenvalue weighted by atomic mass is 19.1. The lowest BCUT2D eigenvalue weighted by molar-refractivity contribution is 0.192. The summed E-state index contributed by atoms with van der Waals surface area (Å²) in [5.74, 6) is -0.258. The van der Waals surface area contributed by atoms with Crippen molar-refractivity contribution in [3.63, 3.8) is 0 Å². The fourth-order valence-electron chi connectivity index (χ4n) is 1.50. The molecule has 4 heteroatoms. The van der Waals surface area contributed by atoms with Gasteiger partial charge >= 0.3 is 0 Å². The first-order valence-corrected chi connectivity index (χ1v) is 4.62. The third-order valence-corrected chi connectivity index (χ3v) is 2.34. The molecular weight excluding hydrogens is 183 g/mol. The Balaban J connectivity index is 2.07. The Kier molecular flexibility index (Phi) is 2.65. The average molecular weight is 196 g/mol. The van der Waals surface area contributed by atoms with E-state index in [2.05, 4.69) is 5.32 Å². The molecule has 1 saturated heterocycles. The Labute approximate surface area is 82.1 Å². The Hall–Kier alpha value is -1.13. The molecular formula is C10H13FN2O. The smallest absolute Gasteiger partial charge is 0.146 e. The van der Waals surface area contributed by atoms with Crippen molar-refractivity contribution in [2.75, 3.05) is 18.5 Å². The lowest BCUT2D eigenvalue weighted by Gasteiger charge is -2.16. The van der Waals surface area contributed by atoms with Gasteiger partial charge in [-0.3, -0.25) is 0 Å². The van der Waals surface area contributed by atoms with E-state index in [0.717, 1.165) is 0 Å². The number of para-hydroxylation sites is 1. The lowest BCUT2D eigenvalue weighted by Crippen LogP contribution is -2.38. The quantitative estimate of drug-likeness (QED) is 0.740. The fraction of sp³-hybridized carbons (Fsp3) is 0.400. The number of rotatable bonds is 2. The van der Waals surface area contributed by atoms with E-state index in [4.69, 9.17) is 10.5 Å². The van der Waals surface area contributed by atoms with Gasteiger partial charge in [0.15, 0.2) is 0 Å². The zero-order valence-corrected chi connectivity index (χ0v) is 7.74. The van der Waals surface area contributed by atoms with E-state index < -0.39 is 0 Å². The van der Waals surface area contributed by atoms with Crippen LogP contribution in [0, 0.1) is 5.82 Å². The van der Waals surface area contributed by atoms with Crippen LogP contribution in [-0.4, -0.2) is 25.3 Å². The van der Waals surface area contributed by atoms with Crippen LogP contribution in [0.4, 0.5) is 10.1 Å². The van der Waals surface area contributed by atoms with Gasteiger partial charge in [0, 0.05) is 0 Å². The topological polar surface area (TPSA) is 47.3 Å². The Bertz CT molecular complexity index is 319. The zero-order chi connectivity index (χ0) is 9.97. The molecule has 1 aromatic rings. The SMILES string of the molecule is NC1COCC1Nc1ccccc1F. The van der Waals surface area contributed by atoms with Crippen LogP contribution in [0.3, 0.4) is 0 Å². The maximum Gasteiger partial charge on any atom is 0.146 e. The summed E-state index contributed by atoms with van der Waals surface area (Å²) in [7, 11) is 0. The van der Waals surface area contributed by atoms with Gasteiger partial charge in [-0.25, -0.2) is 4.39 Å². The molecule has 0 amide bonds. The number of nitrogens with one attached hydrogen (secondary N) is 1. The van der Waals surface area contributed by atoms with Crippen molar-refractivity contribution < 1.29 is 9.13 Å². The molecule has 2 rings (SSSR count). The van der Waals surface area contributed by atoms with E-state index in [1.807, 2.05) is 0 Å². The summed E-state index contributed by atoms with van der Waals surface area (Å²) in [6, 6.07) is 6.50. The molecule has 0 aliphatic carbocycles. The van der Waals surface area contributed by atoms with Crippen molar-refractivity contribution in [3.8, 4) is 0 Å². The van der Waals surface area contributed by atoms with Gasteiger partial charge in [0.05, 0.1) is 31.0 Å². The monoisotopic (exact) mass is 196 g/mol. The van der Waals surface area contributed by atoms with Crippen molar-refractivity contribution in [2.45, 2.75) is 12.1 Å². The fourth-order valence-corrected chi connectivity index (χ4v) is 1.50. The lowest BCUT2D eigenvalue weighted by atomic mass is 10.1. The van der Waals surface area contributed by atoms with Gasteiger partial charge in [-0.1, -0.05) is 12.1 Å². The molecule has 3 nitrogen and oxygen atoms in total. The van der Waals surface area contributed by atoms with Crippen LogP contribution >= 0.6 is 0 Å². The second-order valence-electron chi connectivity index (χ2n) is 3.43. The highest BCUT2D eigenvalue weighted by Crippen LogP contribution is 2.16. The average Bonchev–Trinajstić information content (AvgIpc) is 2.56. The summed E-state index contributed by atoms with van der Waals surface area (Å²) in [5, 5.41) is 3.03. The number of anilines is 1. The van der Waals surface area contributed by atoms with Crippen LogP contribution in [0.5, 0.6) is 0 Å². The number of hydrogen-bond acceptors (Lipinski definition) is 3. The van der Waals surface area contributed by atoms with Crippen molar-refractivity contribution in [1.29, 1.82) is 0 Å². The van der Waals surface area contributed by atoms with Gasteiger partial charge in [0.25, 0.3) is 0 Å². The molecule has 1 fully saturated rings. The van der Waals surface area contributed by atoms with Crippen molar-refractivity contribution in [3.05, 3.63) is 30.1 Å². The predicted molar refractivity (Wildman–Crippen MR) is 52.6 cm³/mol. The summed E-state index contributed by atoms with van der Waals surface area (Å²) < 4.78 is 18.4. The van der Waals surface area contributed by atoms with Gasteiger partial charge in [-0.05, 0) is 12.1 Å². The highest BCUT2D eigenvalue weighted by Gasteiger charge is 2.24. The molecule has 76 valence electrons. The molecule has 0 aromatic heterocycles. The molecule has 1 aromatic carbocycles. The maximum atomic E-state index is 13.2. The normalized spacial score (nSPS) is 26.4. The second kappa shape index (κ2) is 3.94. The largest absolute Gasteiger partial charge is 0.378 e. The van der Waals surface area contributed by atoms with Gasteiger partial charge < -0.3 is 15.8 Å². The second-order valence-corrected chi connectivity index (χ2v) is 3.43. The van der Waals surface area contributed by atoms with Crippen LogP contribution in [0.25, 0.3) is 0 Å². The van der Waals surface area contributed by atoms with E-state index in [1.54, 1.807) is 18.2 Å². The first kappa shape index (κ1) is 9.43. The van der Waals surface area contributed by atoms with E-state index in [-0.39, 0.29) is 17.9 Å². The van der Waals surface area contributed by atoms with Crippen LogP contribution < -0.4 is 11.1 Å². The maximum absolute atomic E-state index is 13.2. The number of halogens is 1. The summed E-state index contributed by atoms with van der Waals surface area (Å²) in [4.78, 5) is 0. The third-order valence-electron chi connectivity index (χ3n) is 2.34. The minimum atomic E-state index is -0.258. The van der Waals surface area contributed by atoms with Crippen molar-refractivity contribution in [1.82, 2.24) is 0 Å². The third kappa shape index (κ3) is 1.86. The van der Waals surface area contributed by atoms with Gasteiger partial charge in [0.2, 0.25) is 0 Å². The molecule has 1 aliphatic rings. The number of benzene rings is 1. The molecule has 2 unspecified atom stereocenters. The van der Waals surface area contributed by atoms with Crippen molar-refractivity contribution in [2.24, 2.45) is 5.73 Å². The Morgan fingerprint density at radius 3 is 2.79 bits per heavy atom. The summed E-state index contributed by atoms with van der Waals surface area (Å²) in [6.07, 6.45) is 0. The van der Waals surface area contributed by atoms with Crippen LogP contribution in [0.15, 0.2) is 24.3 Å². The van der Waals surface area contributed by atoms with Crippen LogP contribution in [0.2, 0.25) is 0 Å².